The number of rotatable bonds is 5. The highest BCUT2D eigenvalue weighted by Gasteiger charge is 2.35. The summed E-state index contributed by atoms with van der Waals surface area (Å²) in [5.41, 5.74) is 3.66. The molecule has 9 nitrogen and oxygen atoms in total. The van der Waals surface area contributed by atoms with Gasteiger partial charge >= 0.3 is 0 Å². The first-order chi connectivity index (χ1) is 18.9. The largest absolute Gasteiger partial charge is 0.380 e. The number of amides is 1. The number of benzene rings is 2. The fourth-order valence-electron chi connectivity index (χ4n) is 5.68. The van der Waals surface area contributed by atoms with E-state index in [9.17, 15) is 10.1 Å². The van der Waals surface area contributed by atoms with Crippen LogP contribution in [-0.4, -0.2) is 64.1 Å². The number of ether oxygens (including phenoxy) is 1. The van der Waals surface area contributed by atoms with Crippen LogP contribution in [0, 0.1) is 30.0 Å². The Balaban J connectivity index is 1.36. The quantitative estimate of drug-likeness (QED) is 0.418. The first-order valence-corrected chi connectivity index (χ1v) is 13.2. The molecule has 2 fully saturated rings. The maximum absolute atomic E-state index is 15.7. The van der Waals surface area contributed by atoms with Crippen LogP contribution >= 0.6 is 0 Å². The van der Waals surface area contributed by atoms with E-state index in [0.717, 1.165) is 16.5 Å². The van der Waals surface area contributed by atoms with Crippen LogP contribution in [0.1, 0.15) is 36.6 Å². The van der Waals surface area contributed by atoms with Gasteiger partial charge in [0.2, 0.25) is 11.7 Å². The summed E-state index contributed by atoms with van der Waals surface area (Å²) in [6, 6.07) is 11.1. The van der Waals surface area contributed by atoms with Gasteiger partial charge < -0.3 is 19.9 Å². The van der Waals surface area contributed by atoms with E-state index in [0.29, 0.717) is 61.2 Å². The van der Waals surface area contributed by atoms with Crippen molar-refractivity contribution in [1.29, 1.82) is 5.26 Å². The number of carbonyl (C=O) groups is 1. The number of nitriles is 1. The van der Waals surface area contributed by atoms with Gasteiger partial charge in [-0.1, -0.05) is 12.1 Å². The summed E-state index contributed by atoms with van der Waals surface area (Å²) in [6.45, 7) is 8.53. The number of nitrogens with zero attached hydrogens (tertiary/aromatic N) is 6. The normalized spacial score (nSPS) is 18.7. The number of nitrogens with one attached hydrogen (secondary N) is 1. The van der Waals surface area contributed by atoms with Gasteiger partial charge in [-0.05, 0) is 44.0 Å². The molecule has 6 rings (SSSR count). The van der Waals surface area contributed by atoms with Gasteiger partial charge in [0.05, 0.1) is 48.0 Å². The van der Waals surface area contributed by atoms with Gasteiger partial charge in [-0.25, -0.2) is 9.37 Å². The van der Waals surface area contributed by atoms with Crippen molar-refractivity contribution in [1.82, 2.24) is 19.3 Å². The standard InChI is InChI=1S/C29H30FN7O2/c1-17-14-35(28(38)21-15-39-16-21)9-10-36(17)26-11-23-25(12-24(26)30)37-8-7-32-29(37)34-27(23)33-19(3)22-6-4-5-20(13-31)18(22)2/h4-8,11-12,17,19,21H,9-10,14-16H2,1-3H3,(H,32,33,34)/t17-,19+/m0/s1. The minimum atomic E-state index is -0.334. The fourth-order valence-corrected chi connectivity index (χ4v) is 5.68. The van der Waals surface area contributed by atoms with E-state index in [-0.39, 0.29) is 29.7 Å². The molecular weight excluding hydrogens is 497 g/mol. The van der Waals surface area contributed by atoms with Crippen molar-refractivity contribution in [3.05, 3.63) is 65.2 Å². The number of imidazole rings is 1. The summed E-state index contributed by atoms with van der Waals surface area (Å²) in [7, 11) is 0. The number of hydrogen-bond acceptors (Lipinski definition) is 7. The molecule has 2 aromatic carbocycles. The van der Waals surface area contributed by atoms with Crippen molar-refractivity contribution < 1.29 is 13.9 Å². The molecule has 0 bridgehead atoms. The number of carbonyl (C=O) groups excluding carboxylic acids is 1. The van der Waals surface area contributed by atoms with Crippen LogP contribution in [-0.2, 0) is 9.53 Å². The molecule has 1 amide bonds. The van der Waals surface area contributed by atoms with Crippen molar-refractivity contribution in [3.63, 3.8) is 0 Å². The first-order valence-electron chi connectivity index (χ1n) is 13.2. The third-order valence-electron chi connectivity index (χ3n) is 7.96. The zero-order valence-corrected chi connectivity index (χ0v) is 22.2. The summed E-state index contributed by atoms with van der Waals surface area (Å²) < 4.78 is 22.7. The van der Waals surface area contributed by atoms with E-state index in [4.69, 9.17) is 9.72 Å². The van der Waals surface area contributed by atoms with Gasteiger partial charge in [0.15, 0.2) is 0 Å². The average molecular weight is 528 g/mol. The molecule has 4 heterocycles. The molecule has 2 aliphatic rings. The molecule has 2 aromatic heterocycles. The molecule has 1 N–H and O–H groups in total. The second-order valence-corrected chi connectivity index (χ2v) is 10.4. The van der Waals surface area contributed by atoms with Gasteiger partial charge in [0, 0.05) is 49.5 Å². The average Bonchev–Trinajstić information content (AvgIpc) is 3.36. The predicted octanol–water partition coefficient (Wildman–Crippen LogP) is 4.06. The highest BCUT2D eigenvalue weighted by atomic mass is 19.1. The Kier molecular flexibility index (Phi) is 6.31. The molecule has 0 radical (unpaired) electrons. The molecular formula is C29H30FN7O2. The van der Waals surface area contributed by atoms with E-state index in [1.165, 1.54) is 6.07 Å². The van der Waals surface area contributed by atoms with Crippen molar-refractivity contribution in [3.8, 4) is 6.07 Å². The van der Waals surface area contributed by atoms with Gasteiger partial charge in [-0.3, -0.25) is 9.20 Å². The molecule has 0 aliphatic carbocycles. The summed E-state index contributed by atoms with van der Waals surface area (Å²) in [6.07, 6.45) is 3.42. The van der Waals surface area contributed by atoms with Crippen molar-refractivity contribution in [2.45, 2.75) is 32.9 Å². The highest BCUT2D eigenvalue weighted by Crippen LogP contribution is 2.34. The van der Waals surface area contributed by atoms with Crippen LogP contribution in [0.5, 0.6) is 0 Å². The van der Waals surface area contributed by atoms with Gasteiger partial charge in [-0.15, -0.1) is 0 Å². The monoisotopic (exact) mass is 527 g/mol. The van der Waals surface area contributed by atoms with Crippen LogP contribution in [0.2, 0.25) is 0 Å². The lowest BCUT2D eigenvalue weighted by molar-refractivity contribution is -0.150. The molecule has 10 heteroatoms. The summed E-state index contributed by atoms with van der Waals surface area (Å²) >= 11 is 0. The fraction of sp³-hybridized carbons (Fsp3) is 0.379. The Morgan fingerprint density at radius 2 is 2.10 bits per heavy atom. The molecule has 200 valence electrons. The van der Waals surface area contributed by atoms with Gasteiger partial charge in [-0.2, -0.15) is 10.2 Å². The molecule has 39 heavy (non-hydrogen) atoms. The number of fused-ring (bicyclic) bond motifs is 3. The topological polar surface area (TPSA) is 98.8 Å². The third-order valence-corrected chi connectivity index (χ3v) is 7.96. The minimum Gasteiger partial charge on any atom is -0.380 e. The maximum atomic E-state index is 15.7. The summed E-state index contributed by atoms with van der Waals surface area (Å²) in [5, 5.41) is 13.7. The van der Waals surface area contributed by atoms with Gasteiger partial charge in [0.25, 0.3) is 0 Å². The van der Waals surface area contributed by atoms with Crippen LogP contribution in [0.25, 0.3) is 16.7 Å². The Labute approximate surface area is 225 Å². The molecule has 2 saturated heterocycles. The molecule has 0 saturated carbocycles. The lowest BCUT2D eigenvalue weighted by Crippen LogP contribution is -2.57. The van der Waals surface area contributed by atoms with E-state index in [2.05, 4.69) is 16.4 Å². The minimum absolute atomic E-state index is 0.0575. The number of halogens is 1. The van der Waals surface area contributed by atoms with Crippen LogP contribution < -0.4 is 10.2 Å². The SMILES string of the molecule is Cc1c(C#N)cccc1[C@@H](C)Nc1nc2nccn2c2cc(F)c(N3CCN(C(=O)C4COC4)C[C@@H]3C)cc12. The summed E-state index contributed by atoms with van der Waals surface area (Å²) in [5.74, 6) is 0.782. The maximum Gasteiger partial charge on any atom is 0.236 e. The van der Waals surface area contributed by atoms with Crippen LogP contribution in [0.15, 0.2) is 42.7 Å². The Morgan fingerprint density at radius 3 is 2.82 bits per heavy atom. The molecule has 4 aromatic rings. The van der Waals surface area contributed by atoms with E-state index in [1.54, 1.807) is 22.9 Å². The lowest BCUT2D eigenvalue weighted by atomic mass is 9.98. The second-order valence-electron chi connectivity index (χ2n) is 10.4. The van der Waals surface area contributed by atoms with Crippen LogP contribution in [0.4, 0.5) is 15.9 Å². The van der Waals surface area contributed by atoms with Crippen molar-refractivity contribution >= 4 is 34.1 Å². The number of aromatic nitrogens is 3. The van der Waals surface area contributed by atoms with Gasteiger partial charge in [0.1, 0.15) is 11.6 Å². The zero-order chi connectivity index (χ0) is 27.3. The molecule has 2 aliphatic heterocycles. The Morgan fingerprint density at radius 1 is 1.28 bits per heavy atom. The highest BCUT2D eigenvalue weighted by molar-refractivity contribution is 5.94. The lowest BCUT2D eigenvalue weighted by Gasteiger charge is -2.43. The number of hydrogen-bond donors (Lipinski definition) is 1. The molecule has 0 spiro atoms. The van der Waals surface area contributed by atoms with Crippen molar-refractivity contribution in [2.75, 3.05) is 43.1 Å². The number of anilines is 2. The zero-order valence-electron chi connectivity index (χ0n) is 22.2. The Hall–Kier alpha value is -4.23. The smallest absolute Gasteiger partial charge is 0.236 e. The molecule has 2 atom stereocenters. The van der Waals surface area contributed by atoms with Crippen LogP contribution in [0.3, 0.4) is 0 Å². The van der Waals surface area contributed by atoms with Crippen molar-refractivity contribution in [2.24, 2.45) is 5.92 Å². The third kappa shape index (κ3) is 4.33. The Bertz CT molecular complexity index is 1620. The number of piperazine rings is 1. The van der Waals surface area contributed by atoms with E-state index >= 15 is 4.39 Å². The first kappa shape index (κ1) is 25.1. The van der Waals surface area contributed by atoms with E-state index < -0.39 is 0 Å². The summed E-state index contributed by atoms with van der Waals surface area (Å²) in [4.78, 5) is 25.8. The second kappa shape index (κ2) is 9.82. The van der Waals surface area contributed by atoms with E-state index in [1.807, 2.05) is 48.8 Å². The molecule has 0 unspecified atom stereocenters. The predicted molar refractivity (Wildman–Crippen MR) is 146 cm³/mol.